The highest BCUT2D eigenvalue weighted by Gasteiger charge is 2.35. The smallest absolute Gasteiger partial charge is 0.308 e. The molecule has 1 aliphatic rings. The Bertz CT molecular complexity index is 1130. The predicted molar refractivity (Wildman–Crippen MR) is 122 cm³/mol. The van der Waals surface area contributed by atoms with Crippen molar-refractivity contribution >= 4 is 22.3 Å². The predicted octanol–water partition coefficient (Wildman–Crippen LogP) is 2.81. The van der Waals surface area contributed by atoms with Crippen LogP contribution in [0.2, 0.25) is 0 Å². The number of carbonyl (C=O) groups excluding carboxylic acids is 1. The van der Waals surface area contributed by atoms with Crippen LogP contribution in [0.4, 0.5) is 0 Å². The molecule has 0 unspecified atom stereocenters. The number of aryl methyl sites for hydroxylation is 1. The summed E-state index contributed by atoms with van der Waals surface area (Å²) in [6.07, 6.45) is 1.32. The fourth-order valence-electron chi connectivity index (χ4n) is 4.37. The summed E-state index contributed by atoms with van der Waals surface area (Å²) >= 11 is 1.38. The molecule has 1 saturated heterocycles. The minimum absolute atomic E-state index is 0.0458. The van der Waals surface area contributed by atoms with E-state index in [0.29, 0.717) is 58.8 Å². The summed E-state index contributed by atoms with van der Waals surface area (Å²) in [4.78, 5) is 20.0. The first-order valence-corrected chi connectivity index (χ1v) is 11.4. The number of benzene rings is 1. The Hall–Kier alpha value is -3.05. The van der Waals surface area contributed by atoms with Gasteiger partial charge in [0.25, 0.3) is 0 Å². The van der Waals surface area contributed by atoms with E-state index in [9.17, 15) is 9.90 Å². The van der Waals surface area contributed by atoms with Gasteiger partial charge in [-0.2, -0.15) is 4.52 Å². The summed E-state index contributed by atoms with van der Waals surface area (Å²) < 4.78 is 23.0. The van der Waals surface area contributed by atoms with E-state index in [-0.39, 0.29) is 23.8 Å². The van der Waals surface area contributed by atoms with Crippen LogP contribution in [0.3, 0.4) is 0 Å². The highest BCUT2D eigenvalue weighted by Crippen LogP contribution is 2.46. The molecule has 4 rings (SSSR count). The number of hydrogen-bond donors (Lipinski definition) is 1. The second kappa shape index (κ2) is 9.44. The lowest BCUT2D eigenvalue weighted by atomic mass is 9.93. The number of nitrogens with zero attached hydrogens (tertiary/aromatic N) is 4. The summed E-state index contributed by atoms with van der Waals surface area (Å²) in [6, 6.07) is 3.45. The molecule has 0 aliphatic carbocycles. The van der Waals surface area contributed by atoms with Crippen molar-refractivity contribution in [3.05, 3.63) is 28.4 Å². The SMILES string of the molecule is COC(=O)C1CCN([C@@H](c2cc(OC)c(OC)c(OC)c2)c2sc3nc(C)nn3c2O)CC1. The first kappa shape index (κ1) is 23.1. The van der Waals surface area contributed by atoms with Gasteiger partial charge in [0.2, 0.25) is 16.6 Å². The van der Waals surface area contributed by atoms with Crippen molar-refractivity contribution in [1.82, 2.24) is 19.5 Å². The quantitative estimate of drug-likeness (QED) is 0.515. The summed E-state index contributed by atoms with van der Waals surface area (Å²) in [7, 11) is 6.12. The Labute approximate surface area is 195 Å². The maximum absolute atomic E-state index is 12.0. The number of hydrogen-bond acceptors (Lipinski definition) is 10. The molecule has 11 heteroatoms. The van der Waals surface area contributed by atoms with Crippen LogP contribution in [0.25, 0.3) is 4.96 Å². The monoisotopic (exact) mass is 476 g/mol. The summed E-state index contributed by atoms with van der Waals surface area (Å²) in [5.74, 6) is 1.86. The third kappa shape index (κ3) is 4.18. The van der Waals surface area contributed by atoms with E-state index < -0.39 is 0 Å². The van der Waals surface area contributed by atoms with Gasteiger partial charge in [0.1, 0.15) is 5.82 Å². The Balaban J connectivity index is 1.81. The lowest BCUT2D eigenvalue weighted by molar-refractivity contribution is -0.147. The lowest BCUT2D eigenvalue weighted by Gasteiger charge is -2.36. The first-order chi connectivity index (χ1) is 15.9. The van der Waals surface area contributed by atoms with Crippen molar-refractivity contribution in [2.45, 2.75) is 25.8 Å². The number of likely N-dealkylation sites (tertiary alicyclic amines) is 1. The molecule has 0 radical (unpaired) electrons. The Kier molecular flexibility index (Phi) is 6.61. The number of ether oxygens (including phenoxy) is 4. The second-order valence-electron chi connectivity index (χ2n) is 7.84. The molecule has 0 amide bonds. The Morgan fingerprint density at radius 2 is 1.76 bits per heavy atom. The highest BCUT2D eigenvalue weighted by molar-refractivity contribution is 7.17. The molecule has 10 nitrogen and oxygen atoms in total. The van der Waals surface area contributed by atoms with Crippen molar-refractivity contribution in [2.75, 3.05) is 41.5 Å². The van der Waals surface area contributed by atoms with Crippen molar-refractivity contribution in [3.8, 4) is 23.1 Å². The van der Waals surface area contributed by atoms with Crippen molar-refractivity contribution < 1.29 is 28.8 Å². The largest absolute Gasteiger partial charge is 0.493 e. The van der Waals surface area contributed by atoms with E-state index in [1.54, 1.807) is 28.3 Å². The number of fused-ring (bicyclic) bond motifs is 1. The number of piperidine rings is 1. The highest BCUT2D eigenvalue weighted by atomic mass is 32.1. The zero-order valence-corrected chi connectivity index (χ0v) is 20.1. The maximum atomic E-state index is 12.0. The Morgan fingerprint density at radius 3 is 2.27 bits per heavy atom. The van der Waals surface area contributed by atoms with E-state index in [0.717, 1.165) is 5.56 Å². The molecule has 1 aliphatic heterocycles. The molecule has 0 bridgehead atoms. The van der Waals surface area contributed by atoms with Gasteiger partial charge in [-0.1, -0.05) is 11.3 Å². The van der Waals surface area contributed by atoms with Gasteiger partial charge in [-0.05, 0) is 50.6 Å². The zero-order chi connectivity index (χ0) is 23.7. The fourth-order valence-corrected chi connectivity index (χ4v) is 5.54. The van der Waals surface area contributed by atoms with Crippen LogP contribution >= 0.6 is 11.3 Å². The van der Waals surface area contributed by atoms with Crippen LogP contribution in [0.15, 0.2) is 12.1 Å². The number of carbonyl (C=O) groups is 1. The molecule has 1 atom stereocenters. The number of aromatic nitrogens is 3. The zero-order valence-electron chi connectivity index (χ0n) is 19.3. The third-order valence-electron chi connectivity index (χ3n) is 5.99. The van der Waals surface area contributed by atoms with Gasteiger partial charge in [0.15, 0.2) is 11.5 Å². The van der Waals surface area contributed by atoms with E-state index >= 15 is 0 Å². The molecule has 1 fully saturated rings. The minimum Gasteiger partial charge on any atom is -0.493 e. The molecule has 1 N–H and O–H groups in total. The normalized spacial score (nSPS) is 16.0. The van der Waals surface area contributed by atoms with Gasteiger partial charge in [-0.15, -0.1) is 5.10 Å². The van der Waals surface area contributed by atoms with Crippen LogP contribution < -0.4 is 14.2 Å². The van der Waals surface area contributed by atoms with E-state index in [1.165, 1.54) is 23.0 Å². The van der Waals surface area contributed by atoms with Crippen LogP contribution in [0.1, 0.15) is 35.1 Å². The summed E-state index contributed by atoms with van der Waals surface area (Å²) in [6.45, 7) is 3.08. The second-order valence-corrected chi connectivity index (χ2v) is 8.85. The molecular weight excluding hydrogens is 448 g/mol. The van der Waals surface area contributed by atoms with E-state index in [4.69, 9.17) is 18.9 Å². The van der Waals surface area contributed by atoms with Gasteiger partial charge in [-0.25, -0.2) is 4.98 Å². The van der Waals surface area contributed by atoms with Crippen LogP contribution in [-0.4, -0.2) is 72.1 Å². The molecule has 178 valence electrons. The maximum Gasteiger partial charge on any atom is 0.308 e. The fraction of sp³-hybridized carbons (Fsp3) is 0.500. The molecule has 2 aromatic heterocycles. The average molecular weight is 477 g/mol. The molecule has 0 spiro atoms. The van der Waals surface area contributed by atoms with E-state index in [1.807, 2.05) is 12.1 Å². The first-order valence-electron chi connectivity index (χ1n) is 10.6. The van der Waals surface area contributed by atoms with Crippen LogP contribution in [-0.2, 0) is 9.53 Å². The average Bonchev–Trinajstić information content (AvgIpc) is 3.35. The van der Waals surface area contributed by atoms with Gasteiger partial charge < -0.3 is 24.1 Å². The molecular formula is C22H28N4O6S. The molecule has 0 saturated carbocycles. The van der Waals surface area contributed by atoms with Gasteiger partial charge in [0.05, 0.1) is 45.3 Å². The molecule has 1 aromatic carbocycles. The van der Waals surface area contributed by atoms with Gasteiger partial charge in [-0.3, -0.25) is 9.69 Å². The number of aromatic hydroxyl groups is 1. The Morgan fingerprint density at radius 1 is 1.12 bits per heavy atom. The number of methoxy groups -OCH3 is 4. The lowest BCUT2D eigenvalue weighted by Crippen LogP contribution is -2.39. The molecule has 3 heterocycles. The molecule has 33 heavy (non-hydrogen) atoms. The van der Waals surface area contributed by atoms with Gasteiger partial charge >= 0.3 is 5.97 Å². The summed E-state index contributed by atoms with van der Waals surface area (Å²) in [5.41, 5.74) is 0.859. The third-order valence-corrected chi connectivity index (χ3v) is 7.06. The van der Waals surface area contributed by atoms with Crippen LogP contribution in [0, 0.1) is 12.8 Å². The number of thiazole rings is 1. The number of rotatable bonds is 7. The topological polar surface area (TPSA) is 108 Å². The molecule has 3 aromatic rings. The van der Waals surface area contributed by atoms with Crippen molar-refractivity contribution in [1.29, 1.82) is 0 Å². The van der Waals surface area contributed by atoms with Crippen molar-refractivity contribution in [2.24, 2.45) is 5.92 Å². The summed E-state index contributed by atoms with van der Waals surface area (Å²) in [5, 5.41) is 15.4. The van der Waals surface area contributed by atoms with E-state index in [2.05, 4.69) is 15.0 Å². The minimum atomic E-state index is -0.328. The van der Waals surface area contributed by atoms with Gasteiger partial charge in [0, 0.05) is 0 Å². The number of esters is 1. The standard InChI is InChI=1S/C22H28N4O6S/c1-12-23-22-26(24-12)20(27)19(33-22)17(25-8-6-13(7-9-25)21(28)32-5)14-10-15(29-2)18(31-4)16(11-14)30-3/h10-11,13,17,27H,6-9H2,1-5H3/t17-/m0/s1. The van der Waals surface area contributed by atoms with Crippen molar-refractivity contribution in [3.63, 3.8) is 0 Å². The van der Waals surface area contributed by atoms with Crippen LogP contribution in [0.5, 0.6) is 23.1 Å².